The number of likely N-dealkylation sites (N-methyl/N-ethyl adjacent to an activating group) is 1. The highest BCUT2D eigenvalue weighted by Gasteiger charge is 2.01. The molecule has 1 atom stereocenters. The number of rotatable bonds is 7. The molecule has 0 saturated carbocycles. The Bertz CT molecular complexity index is 190. The molecular formula is C10H25IN4O. The van der Waals surface area contributed by atoms with Crippen molar-refractivity contribution in [1.82, 2.24) is 10.2 Å². The van der Waals surface area contributed by atoms with E-state index in [1.165, 1.54) is 0 Å². The van der Waals surface area contributed by atoms with Gasteiger partial charge in [0.05, 0.1) is 13.2 Å². The lowest BCUT2D eigenvalue weighted by molar-refractivity contribution is 0.179. The number of ether oxygens (including phenoxy) is 1. The molecule has 0 rings (SSSR count). The molecule has 1 unspecified atom stereocenters. The summed E-state index contributed by atoms with van der Waals surface area (Å²) in [6, 6.07) is 0.197. The van der Waals surface area contributed by atoms with E-state index in [0.29, 0.717) is 12.6 Å². The predicted molar refractivity (Wildman–Crippen MR) is 79.5 cm³/mol. The predicted octanol–water partition coefficient (Wildman–Crippen LogP) is 0.495. The van der Waals surface area contributed by atoms with Crippen molar-refractivity contribution in [3.63, 3.8) is 0 Å². The molecule has 0 spiro atoms. The maximum atomic E-state index is 5.70. The third kappa shape index (κ3) is 10.4. The van der Waals surface area contributed by atoms with E-state index < -0.39 is 0 Å². The Morgan fingerprint density at radius 1 is 1.56 bits per heavy atom. The van der Waals surface area contributed by atoms with Crippen LogP contribution in [0.25, 0.3) is 0 Å². The van der Waals surface area contributed by atoms with Crippen molar-refractivity contribution in [1.29, 1.82) is 0 Å². The first-order valence-electron chi connectivity index (χ1n) is 5.34. The Labute approximate surface area is 116 Å². The molecule has 0 aromatic carbocycles. The van der Waals surface area contributed by atoms with Gasteiger partial charge in [-0.2, -0.15) is 0 Å². The Morgan fingerprint density at radius 2 is 2.19 bits per heavy atom. The molecule has 0 aromatic rings. The van der Waals surface area contributed by atoms with E-state index in [4.69, 9.17) is 10.5 Å². The summed E-state index contributed by atoms with van der Waals surface area (Å²) in [5, 5.41) is 3.06. The molecule has 5 nitrogen and oxygen atoms in total. The van der Waals surface area contributed by atoms with Crippen LogP contribution in [0.5, 0.6) is 0 Å². The second kappa shape index (κ2) is 11.4. The minimum absolute atomic E-state index is 0. The Hall–Kier alpha value is -0.0800. The quantitative estimate of drug-likeness (QED) is 0.401. The van der Waals surface area contributed by atoms with Crippen LogP contribution in [0.4, 0.5) is 0 Å². The van der Waals surface area contributed by atoms with Gasteiger partial charge in [0.1, 0.15) is 0 Å². The van der Waals surface area contributed by atoms with Crippen LogP contribution in [0.1, 0.15) is 13.8 Å². The fourth-order valence-corrected chi connectivity index (χ4v) is 1.09. The van der Waals surface area contributed by atoms with Gasteiger partial charge >= 0.3 is 0 Å². The maximum Gasteiger partial charge on any atom is 0.188 e. The Morgan fingerprint density at radius 3 is 2.69 bits per heavy atom. The van der Waals surface area contributed by atoms with E-state index in [1.54, 1.807) is 7.11 Å². The smallest absolute Gasteiger partial charge is 0.188 e. The van der Waals surface area contributed by atoms with E-state index >= 15 is 0 Å². The van der Waals surface area contributed by atoms with E-state index in [-0.39, 0.29) is 30.0 Å². The largest absolute Gasteiger partial charge is 0.383 e. The van der Waals surface area contributed by atoms with Crippen molar-refractivity contribution in [3.05, 3.63) is 0 Å². The van der Waals surface area contributed by atoms with E-state index in [2.05, 4.69) is 29.2 Å². The number of nitrogens with two attached hydrogens (primary N) is 1. The van der Waals surface area contributed by atoms with Gasteiger partial charge in [0.15, 0.2) is 5.96 Å². The normalized spacial score (nSPS) is 13.4. The van der Waals surface area contributed by atoms with Crippen LogP contribution < -0.4 is 11.1 Å². The molecule has 6 heteroatoms. The van der Waals surface area contributed by atoms with Crippen LogP contribution in [0.2, 0.25) is 0 Å². The van der Waals surface area contributed by atoms with E-state index in [0.717, 1.165) is 19.6 Å². The number of halogens is 1. The van der Waals surface area contributed by atoms with Gasteiger partial charge in [0.2, 0.25) is 0 Å². The highest BCUT2D eigenvalue weighted by atomic mass is 127. The lowest BCUT2D eigenvalue weighted by atomic mass is 10.4. The first-order chi connectivity index (χ1) is 7.10. The zero-order valence-corrected chi connectivity index (χ0v) is 13.0. The van der Waals surface area contributed by atoms with Crippen molar-refractivity contribution < 1.29 is 4.74 Å². The second-order valence-corrected chi connectivity index (χ2v) is 3.66. The number of methoxy groups -OCH3 is 1. The van der Waals surface area contributed by atoms with Gasteiger partial charge < -0.3 is 20.7 Å². The molecular weight excluding hydrogens is 319 g/mol. The van der Waals surface area contributed by atoms with Gasteiger partial charge in [-0.15, -0.1) is 24.0 Å². The Balaban J connectivity index is 0. The summed E-state index contributed by atoms with van der Waals surface area (Å²) in [7, 11) is 3.73. The van der Waals surface area contributed by atoms with Crippen LogP contribution in [-0.4, -0.2) is 57.3 Å². The number of aliphatic imine (C=N–C) groups is 1. The molecule has 0 heterocycles. The molecule has 0 bridgehead atoms. The van der Waals surface area contributed by atoms with Gasteiger partial charge in [-0.1, -0.05) is 6.92 Å². The summed E-state index contributed by atoms with van der Waals surface area (Å²) in [6.45, 7) is 7.43. The van der Waals surface area contributed by atoms with E-state index in [1.807, 2.05) is 6.92 Å². The molecule has 0 aliphatic carbocycles. The summed E-state index contributed by atoms with van der Waals surface area (Å²) in [6.07, 6.45) is 0. The van der Waals surface area contributed by atoms with Crippen LogP contribution >= 0.6 is 24.0 Å². The minimum Gasteiger partial charge on any atom is -0.383 e. The molecule has 16 heavy (non-hydrogen) atoms. The zero-order valence-electron chi connectivity index (χ0n) is 10.7. The summed E-state index contributed by atoms with van der Waals surface area (Å²) >= 11 is 0. The molecule has 0 aliphatic heterocycles. The highest BCUT2D eigenvalue weighted by molar-refractivity contribution is 14.0. The second-order valence-electron chi connectivity index (χ2n) is 3.66. The number of hydrogen-bond acceptors (Lipinski definition) is 3. The summed E-state index contributed by atoms with van der Waals surface area (Å²) in [5.41, 5.74) is 5.70. The average molecular weight is 344 g/mol. The fraction of sp³-hybridized carbons (Fsp3) is 0.900. The molecule has 0 amide bonds. The standard InChI is InChI=1S/C10H24N4O.HI/c1-5-14(3)7-6-12-10(11)13-9(2)8-15-4;/h9H,5-8H2,1-4H3,(H3,11,12,13);1H. The van der Waals surface area contributed by atoms with Crippen LogP contribution in [0, 0.1) is 0 Å². The average Bonchev–Trinajstić information content (AvgIpc) is 2.17. The third-order valence-electron chi connectivity index (χ3n) is 2.11. The monoisotopic (exact) mass is 344 g/mol. The lowest BCUT2D eigenvalue weighted by Gasteiger charge is -2.14. The zero-order chi connectivity index (χ0) is 11.7. The van der Waals surface area contributed by atoms with Crippen LogP contribution in [0.3, 0.4) is 0 Å². The number of guanidine groups is 1. The Kier molecular flexibility index (Phi) is 13.0. The van der Waals surface area contributed by atoms with Crippen molar-refractivity contribution in [2.24, 2.45) is 10.7 Å². The van der Waals surface area contributed by atoms with Crippen LogP contribution in [0.15, 0.2) is 4.99 Å². The number of nitrogens with zero attached hydrogens (tertiary/aromatic N) is 2. The molecule has 0 radical (unpaired) electrons. The SMILES string of the molecule is CCN(C)CCN=C(N)NC(C)COC.I. The topological polar surface area (TPSA) is 62.9 Å². The highest BCUT2D eigenvalue weighted by Crippen LogP contribution is 1.83. The van der Waals surface area contributed by atoms with Gasteiger partial charge in [0.25, 0.3) is 0 Å². The van der Waals surface area contributed by atoms with Crippen molar-refractivity contribution >= 4 is 29.9 Å². The molecule has 0 fully saturated rings. The molecule has 3 N–H and O–H groups in total. The van der Waals surface area contributed by atoms with Crippen molar-refractivity contribution in [2.75, 3.05) is 40.4 Å². The molecule has 0 aromatic heterocycles. The first-order valence-corrected chi connectivity index (χ1v) is 5.34. The number of nitrogens with one attached hydrogen (secondary N) is 1. The molecule has 98 valence electrons. The molecule has 0 saturated heterocycles. The van der Waals surface area contributed by atoms with Gasteiger partial charge in [-0.25, -0.2) is 0 Å². The van der Waals surface area contributed by atoms with Gasteiger partial charge in [0, 0.05) is 19.7 Å². The van der Waals surface area contributed by atoms with E-state index in [9.17, 15) is 0 Å². The van der Waals surface area contributed by atoms with Crippen molar-refractivity contribution in [3.8, 4) is 0 Å². The first kappa shape index (κ1) is 18.3. The maximum absolute atomic E-state index is 5.70. The lowest BCUT2D eigenvalue weighted by Crippen LogP contribution is -2.41. The third-order valence-corrected chi connectivity index (χ3v) is 2.11. The summed E-state index contributed by atoms with van der Waals surface area (Å²) < 4.78 is 4.98. The minimum atomic E-state index is 0. The van der Waals surface area contributed by atoms with Crippen molar-refractivity contribution in [2.45, 2.75) is 19.9 Å². The fourth-order valence-electron chi connectivity index (χ4n) is 1.09. The summed E-state index contributed by atoms with van der Waals surface area (Å²) in [5.74, 6) is 0.490. The summed E-state index contributed by atoms with van der Waals surface area (Å²) in [4.78, 5) is 6.41. The number of hydrogen-bond donors (Lipinski definition) is 2. The van der Waals surface area contributed by atoms with Crippen LogP contribution in [-0.2, 0) is 4.74 Å². The van der Waals surface area contributed by atoms with Gasteiger partial charge in [-0.3, -0.25) is 4.99 Å². The molecule has 0 aliphatic rings. The van der Waals surface area contributed by atoms with Gasteiger partial charge in [-0.05, 0) is 20.5 Å².